The number of hydrogen-bond acceptors (Lipinski definition) is 2. The Bertz CT molecular complexity index is 310. The van der Waals surface area contributed by atoms with E-state index in [1.165, 1.54) is 32.1 Å². The molecule has 2 aliphatic carbocycles. The summed E-state index contributed by atoms with van der Waals surface area (Å²) in [4.78, 5) is 12.4. The lowest BCUT2D eigenvalue weighted by Crippen LogP contribution is -2.46. The zero-order chi connectivity index (χ0) is 13.9. The molecular formula is C16H30N2O. The summed E-state index contributed by atoms with van der Waals surface area (Å²) in [7, 11) is 0. The first kappa shape index (κ1) is 14.8. The molecule has 3 unspecified atom stereocenters. The third kappa shape index (κ3) is 3.31. The SMILES string of the molecule is CCC1(CNC(=O)C2CCCC(N)C2C)CCCC1. The highest BCUT2D eigenvalue weighted by Gasteiger charge is 2.35. The van der Waals surface area contributed by atoms with E-state index in [-0.39, 0.29) is 17.9 Å². The van der Waals surface area contributed by atoms with Crippen molar-refractivity contribution in [2.75, 3.05) is 6.54 Å². The van der Waals surface area contributed by atoms with Crippen LogP contribution in [0.4, 0.5) is 0 Å². The Morgan fingerprint density at radius 2 is 1.95 bits per heavy atom. The van der Waals surface area contributed by atoms with Gasteiger partial charge in [-0.15, -0.1) is 0 Å². The Balaban J connectivity index is 1.86. The second-order valence-electron chi connectivity index (χ2n) is 6.84. The van der Waals surface area contributed by atoms with Crippen molar-refractivity contribution in [3.8, 4) is 0 Å². The van der Waals surface area contributed by atoms with Gasteiger partial charge in [-0.25, -0.2) is 0 Å². The van der Waals surface area contributed by atoms with Gasteiger partial charge in [0.25, 0.3) is 0 Å². The molecule has 3 nitrogen and oxygen atoms in total. The fraction of sp³-hybridized carbons (Fsp3) is 0.938. The summed E-state index contributed by atoms with van der Waals surface area (Å²) < 4.78 is 0. The van der Waals surface area contributed by atoms with Crippen LogP contribution in [0.15, 0.2) is 0 Å². The van der Waals surface area contributed by atoms with Crippen LogP contribution in [0, 0.1) is 17.3 Å². The van der Waals surface area contributed by atoms with Crippen molar-refractivity contribution in [1.82, 2.24) is 5.32 Å². The van der Waals surface area contributed by atoms with Crippen LogP contribution in [0.5, 0.6) is 0 Å². The molecule has 3 heteroatoms. The summed E-state index contributed by atoms with van der Waals surface area (Å²) in [6.07, 6.45) is 9.59. The summed E-state index contributed by atoms with van der Waals surface area (Å²) in [6, 6.07) is 0.205. The average Bonchev–Trinajstić information content (AvgIpc) is 2.89. The molecule has 2 fully saturated rings. The highest BCUT2D eigenvalue weighted by Crippen LogP contribution is 2.40. The number of nitrogens with two attached hydrogens (primary N) is 1. The minimum atomic E-state index is 0.138. The van der Waals surface area contributed by atoms with Crippen LogP contribution < -0.4 is 11.1 Å². The monoisotopic (exact) mass is 266 g/mol. The van der Waals surface area contributed by atoms with E-state index in [2.05, 4.69) is 19.2 Å². The minimum absolute atomic E-state index is 0.138. The average molecular weight is 266 g/mol. The molecule has 0 radical (unpaired) electrons. The van der Waals surface area contributed by atoms with Crippen LogP contribution in [0.1, 0.15) is 65.2 Å². The second kappa shape index (κ2) is 6.25. The van der Waals surface area contributed by atoms with Crippen LogP contribution in [0.25, 0.3) is 0 Å². The fourth-order valence-corrected chi connectivity index (χ4v) is 3.95. The Morgan fingerprint density at radius 3 is 2.58 bits per heavy atom. The number of rotatable bonds is 4. The quantitative estimate of drug-likeness (QED) is 0.822. The van der Waals surface area contributed by atoms with E-state index in [9.17, 15) is 4.79 Å². The van der Waals surface area contributed by atoms with Crippen molar-refractivity contribution < 1.29 is 4.79 Å². The van der Waals surface area contributed by atoms with Crippen LogP contribution in [-0.4, -0.2) is 18.5 Å². The largest absolute Gasteiger partial charge is 0.355 e. The second-order valence-corrected chi connectivity index (χ2v) is 6.84. The van der Waals surface area contributed by atoms with E-state index in [0.29, 0.717) is 11.3 Å². The van der Waals surface area contributed by atoms with Gasteiger partial charge in [-0.3, -0.25) is 4.79 Å². The first-order valence-electron chi connectivity index (χ1n) is 8.11. The Kier molecular flexibility index (Phi) is 4.88. The fourth-order valence-electron chi connectivity index (χ4n) is 3.95. The predicted molar refractivity (Wildman–Crippen MR) is 78.7 cm³/mol. The molecule has 1 amide bonds. The van der Waals surface area contributed by atoms with Crippen LogP contribution >= 0.6 is 0 Å². The lowest BCUT2D eigenvalue weighted by atomic mass is 9.76. The van der Waals surface area contributed by atoms with Gasteiger partial charge < -0.3 is 11.1 Å². The highest BCUT2D eigenvalue weighted by molar-refractivity contribution is 5.79. The molecule has 3 N–H and O–H groups in total. The van der Waals surface area contributed by atoms with Gasteiger partial charge in [-0.1, -0.05) is 33.1 Å². The van der Waals surface area contributed by atoms with Gasteiger partial charge in [0.05, 0.1) is 0 Å². The normalized spacial score (nSPS) is 34.2. The number of hydrogen-bond donors (Lipinski definition) is 2. The molecule has 0 spiro atoms. The van der Waals surface area contributed by atoms with Gasteiger partial charge in [0.2, 0.25) is 5.91 Å². The molecule has 0 heterocycles. The molecular weight excluding hydrogens is 236 g/mol. The van der Waals surface area contributed by atoms with Crippen molar-refractivity contribution in [2.24, 2.45) is 23.0 Å². The predicted octanol–water partition coefficient (Wildman–Crippen LogP) is 2.84. The lowest BCUT2D eigenvalue weighted by Gasteiger charge is -2.34. The molecule has 3 atom stereocenters. The van der Waals surface area contributed by atoms with Crippen molar-refractivity contribution >= 4 is 5.91 Å². The van der Waals surface area contributed by atoms with Crippen molar-refractivity contribution in [3.05, 3.63) is 0 Å². The van der Waals surface area contributed by atoms with Gasteiger partial charge in [-0.05, 0) is 43.4 Å². The summed E-state index contributed by atoms with van der Waals surface area (Å²) >= 11 is 0. The van der Waals surface area contributed by atoms with E-state index in [1.807, 2.05) is 0 Å². The van der Waals surface area contributed by atoms with Gasteiger partial charge in [-0.2, -0.15) is 0 Å². The molecule has 0 aromatic carbocycles. The lowest BCUT2D eigenvalue weighted by molar-refractivity contribution is -0.128. The van der Waals surface area contributed by atoms with Crippen molar-refractivity contribution in [2.45, 2.75) is 71.3 Å². The van der Waals surface area contributed by atoms with Crippen molar-refractivity contribution in [3.63, 3.8) is 0 Å². The van der Waals surface area contributed by atoms with E-state index in [0.717, 1.165) is 25.8 Å². The Labute approximate surface area is 117 Å². The van der Waals surface area contributed by atoms with Gasteiger partial charge in [0.1, 0.15) is 0 Å². The summed E-state index contributed by atoms with van der Waals surface area (Å²) in [5.41, 5.74) is 6.48. The molecule has 2 aliphatic rings. The first-order chi connectivity index (χ1) is 9.08. The smallest absolute Gasteiger partial charge is 0.223 e. The van der Waals surface area contributed by atoms with Crippen LogP contribution in [0.2, 0.25) is 0 Å². The van der Waals surface area contributed by atoms with Crippen molar-refractivity contribution in [1.29, 1.82) is 0 Å². The number of amides is 1. The Morgan fingerprint density at radius 1 is 1.26 bits per heavy atom. The van der Waals surface area contributed by atoms with Gasteiger partial charge in [0.15, 0.2) is 0 Å². The maximum atomic E-state index is 12.4. The summed E-state index contributed by atoms with van der Waals surface area (Å²) in [6.45, 7) is 5.27. The molecule has 0 aromatic heterocycles. The molecule has 0 bridgehead atoms. The maximum Gasteiger partial charge on any atom is 0.223 e. The third-order valence-electron chi connectivity index (χ3n) is 5.75. The molecule has 2 saturated carbocycles. The highest BCUT2D eigenvalue weighted by atomic mass is 16.1. The van der Waals surface area contributed by atoms with Crippen LogP contribution in [0.3, 0.4) is 0 Å². The molecule has 2 rings (SSSR count). The van der Waals surface area contributed by atoms with E-state index in [4.69, 9.17) is 5.73 Å². The zero-order valence-corrected chi connectivity index (χ0v) is 12.6. The van der Waals surface area contributed by atoms with Crippen LogP contribution in [-0.2, 0) is 4.79 Å². The third-order valence-corrected chi connectivity index (χ3v) is 5.75. The van der Waals surface area contributed by atoms with Gasteiger partial charge in [0, 0.05) is 18.5 Å². The van der Waals surface area contributed by atoms with E-state index in [1.54, 1.807) is 0 Å². The first-order valence-corrected chi connectivity index (χ1v) is 8.11. The molecule has 110 valence electrons. The molecule has 0 saturated heterocycles. The summed E-state index contributed by atoms with van der Waals surface area (Å²) in [5.74, 6) is 0.719. The minimum Gasteiger partial charge on any atom is -0.355 e. The standard InChI is InChI=1S/C16H30N2O/c1-3-16(9-4-5-10-16)11-18-15(19)13-7-6-8-14(17)12(13)2/h12-14H,3-11,17H2,1-2H3,(H,18,19). The zero-order valence-electron chi connectivity index (χ0n) is 12.6. The van der Waals surface area contributed by atoms with E-state index < -0.39 is 0 Å². The molecule has 19 heavy (non-hydrogen) atoms. The maximum absolute atomic E-state index is 12.4. The molecule has 0 aliphatic heterocycles. The summed E-state index contributed by atoms with van der Waals surface area (Å²) in [5, 5.41) is 3.24. The van der Waals surface area contributed by atoms with E-state index >= 15 is 0 Å². The number of carbonyl (C=O) groups excluding carboxylic acids is 1. The van der Waals surface area contributed by atoms with Gasteiger partial charge >= 0.3 is 0 Å². The number of carbonyl (C=O) groups is 1. The topological polar surface area (TPSA) is 55.1 Å². The Hall–Kier alpha value is -0.570. The number of nitrogens with one attached hydrogen (secondary N) is 1. The molecule has 0 aromatic rings.